The highest BCUT2D eigenvalue weighted by atomic mass is 79.9. The Morgan fingerprint density at radius 1 is 1.62 bits per heavy atom. The van der Waals surface area contributed by atoms with Gasteiger partial charge in [0, 0.05) is 0 Å². The number of rotatable bonds is 4. The molecule has 0 heterocycles. The first-order valence-corrected chi connectivity index (χ1v) is 5.89. The number of halogens is 2. The molecule has 1 unspecified atom stereocenters. The molecule has 1 amide bonds. The third-order valence-corrected chi connectivity index (χ3v) is 2.68. The summed E-state index contributed by atoms with van der Waals surface area (Å²) in [5.41, 5.74) is 0.701. The molecule has 0 aliphatic rings. The zero-order chi connectivity index (χ0) is 12.1. The Hall–Kier alpha value is -1.10. The van der Waals surface area contributed by atoms with Crippen molar-refractivity contribution in [2.75, 3.05) is 12.4 Å². The lowest BCUT2D eigenvalue weighted by molar-refractivity contribution is -0.119. The molecule has 0 bridgehead atoms. The number of benzene rings is 1. The molecule has 88 valence electrons. The van der Waals surface area contributed by atoms with Gasteiger partial charge in [0.2, 0.25) is 5.91 Å². The van der Waals surface area contributed by atoms with Crippen LogP contribution in [0.5, 0.6) is 5.75 Å². The van der Waals surface area contributed by atoms with Crippen LogP contribution in [0.15, 0.2) is 18.2 Å². The summed E-state index contributed by atoms with van der Waals surface area (Å²) >= 11 is 3.05. The van der Waals surface area contributed by atoms with Crippen molar-refractivity contribution in [3.05, 3.63) is 29.6 Å². The molecule has 1 aromatic carbocycles. The van der Waals surface area contributed by atoms with Gasteiger partial charge in [0.05, 0.1) is 18.5 Å². The van der Waals surface area contributed by atoms with Crippen LogP contribution in [-0.4, -0.2) is 18.3 Å². The second-order valence-corrected chi connectivity index (χ2v) is 3.88. The number of hydrogen-bond acceptors (Lipinski definition) is 2. The van der Waals surface area contributed by atoms with Crippen LogP contribution in [0, 0.1) is 5.82 Å². The molecule has 3 nitrogen and oxygen atoms in total. The molecule has 16 heavy (non-hydrogen) atoms. The molecule has 0 saturated heterocycles. The average Bonchev–Trinajstić information content (AvgIpc) is 2.28. The molecule has 0 fully saturated rings. The van der Waals surface area contributed by atoms with E-state index >= 15 is 0 Å². The molecule has 0 spiro atoms. The molecular formula is C11H13BrFNO2. The van der Waals surface area contributed by atoms with Crippen molar-refractivity contribution < 1.29 is 13.9 Å². The van der Waals surface area contributed by atoms with Crippen molar-refractivity contribution in [1.82, 2.24) is 5.32 Å². The highest BCUT2D eigenvalue weighted by Gasteiger charge is 2.11. The first-order chi connectivity index (χ1) is 7.58. The quantitative estimate of drug-likeness (QED) is 0.865. The fraction of sp³-hybridized carbons (Fsp3) is 0.364. The Morgan fingerprint density at radius 3 is 2.81 bits per heavy atom. The minimum absolute atomic E-state index is 0.135. The molecule has 1 atom stereocenters. The highest BCUT2D eigenvalue weighted by molar-refractivity contribution is 9.09. The molecule has 0 aliphatic carbocycles. The fourth-order valence-corrected chi connectivity index (χ4v) is 1.48. The Morgan fingerprint density at radius 2 is 2.31 bits per heavy atom. The SMILES string of the molecule is COc1ccc(C(C)NC(=O)CBr)cc1F. The smallest absolute Gasteiger partial charge is 0.231 e. The van der Waals surface area contributed by atoms with Crippen LogP contribution in [0.2, 0.25) is 0 Å². The average molecular weight is 290 g/mol. The van der Waals surface area contributed by atoms with Crippen LogP contribution in [0.25, 0.3) is 0 Å². The van der Waals surface area contributed by atoms with E-state index in [4.69, 9.17) is 4.74 Å². The molecular weight excluding hydrogens is 277 g/mol. The predicted molar refractivity (Wildman–Crippen MR) is 63.3 cm³/mol. The number of hydrogen-bond donors (Lipinski definition) is 1. The van der Waals surface area contributed by atoms with Crippen LogP contribution in [0.4, 0.5) is 4.39 Å². The van der Waals surface area contributed by atoms with E-state index in [0.29, 0.717) is 5.56 Å². The minimum atomic E-state index is -0.431. The third-order valence-electron chi connectivity index (χ3n) is 2.17. The lowest BCUT2D eigenvalue weighted by Crippen LogP contribution is -2.27. The maximum absolute atomic E-state index is 13.4. The van der Waals surface area contributed by atoms with Gasteiger partial charge in [-0.25, -0.2) is 4.39 Å². The highest BCUT2D eigenvalue weighted by Crippen LogP contribution is 2.21. The van der Waals surface area contributed by atoms with Gasteiger partial charge in [0.15, 0.2) is 11.6 Å². The zero-order valence-electron chi connectivity index (χ0n) is 9.09. The fourth-order valence-electron chi connectivity index (χ4n) is 1.32. The summed E-state index contributed by atoms with van der Waals surface area (Å²) < 4.78 is 18.2. The summed E-state index contributed by atoms with van der Waals surface area (Å²) in [7, 11) is 1.41. The molecule has 5 heteroatoms. The first kappa shape index (κ1) is 13.0. The van der Waals surface area contributed by atoms with E-state index in [-0.39, 0.29) is 23.0 Å². The van der Waals surface area contributed by atoms with Crippen molar-refractivity contribution in [3.63, 3.8) is 0 Å². The number of nitrogens with one attached hydrogen (secondary N) is 1. The van der Waals surface area contributed by atoms with Gasteiger partial charge in [-0.2, -0.15) is 0 Å². The Bertz CT molecular complexity index is 384. The molecule has 0 aromatic heterocycles. The van der Waals surface area contributed by atoms with E-state index in [9.17, 15) is 9.18 Å². The van der Waals surface area contributed by atoms with E-state index in [1.165, 1.54) is 13.2 Å². The van der Waals surface area contributed by atoms with E-state index in [0.717, 1.165) is 0 Å². The minimum Gasteiger partial charge on any atom is -0.494 e. The van der Waals surface area contributed by atoms with Gasteiger partial charge in [0.25, 0.3) is 0 Å². The van der Waals surface area contributed by atoms with Crippen LogP contribution >= 0.6 is 15.9 Å². The van der Waals surface area contributed by atoms with Crippen molar-refractivity contribution in [2.45, 2.75) is 13.0 Å². The maximum atomic E-state index is 13.4. The van der Waals surface area contributed by atoms with Crippen LogP contribution in [0.1, 0.15) is 18.5 Å². The van der Waals surface area contributed by atoms with Crippen molar-refractivity contribution in [3.8, 4) is 5.75 Å². The van der Waals surface area contributed by atoms with Gasteiger partial charge in [-0.3, -0.25) is 4.79 Å². The Balaban J connectivity index is 2.80. The Labute approximate surface area is 102 Å². The first-order valence-electron chi connectivity index (χ1n) is 4.77. The second-order valence-electron chi connectivity index (χ2n) is 3.32. The summed E-state index contributed by atoms with van der Waals surface area (Å²) in [5.74, 6) is -0.369. The number of ether oxygens (including phenoxy) is 1. The number of alkyl halides is 1. The summed E-state index contributed by atoms with van der Waals surface area (Å²) in [6.45, 7) is 1.79. The number of methoxy groups -OCH3 is 1. The van der Waals surface area contributed by atoms with Gasteiger partial charge < -0.3 is 10.1 Å². The predicted octanol–water partition coefficient (Wildman–Crippen LogP) is 2.41. The second kappa shape index (κ2) is 5.84. The molecule has 1 N–H and O–H groups in total. The lowest BCUT2D eigenvalue weighted by atomic mass is 10.1. The van der Waals surface area contributed by atoms with Gasteiger partial charge in [-0.1, -0.05) is 22.0 Å². The summed E-state index contributed by atoms with van der Waals surface area (Å²) in [4.78, 5) is 11.1. The van der Waals surface area contributed by atoms with Gasteiger partial charge in [0.1, 0.15) is 0 Å². The van der Waals surface area contributed by atoms with Gasteiger partial charge in [-0.05, 0) is 24.6 Å². The standard InChI is InChI=1S/C11H13BrFNO2/c1-7(14-11(15)6-12)8-3-4-10(16-2)9(13)5-8/h3-5,7H,6H2,1-2H3,(H,14,15). The van der Waals surface area contributed by atoms with Crippen molar-refractivity contribution in [2.24, 2.45) is 0 Å². The van der Waals surface area contributed by atoms with Gasteiger partial charge in [-0.15, -0.1) is 0 Å². The third kappa shape index (κ3) is 3.20. The maximum Gasteiger partial charge on any atom is 0.231 e. The monoisotopic (exact) mass is 289 g/mol. The normalized spacial score (nSPS) is 12.0. The summed E-state index contributed by atoms with van der Waals surface area (Å²) in [6, 6.07) is 4.39. The van der Waals surface area contributed by atoms with E-state index < -0.39 is 5.82 Å². The molecule has 1 rings (SSSR count). The van der Waals surface area contributed by atoms with Gasteiger partial charge >= 0.3 is 0 Å². The number of amides is 1. The van der Waals surface area contributed by atoms with E-state index in [2.05, 4.69) is 21.2 Å². The van der Waals surface area contributed by atoms with Crippen LogP contribution in [-0.2, 0) is 4.79 Å². The Kier molecular flexibility index (Phi) is 4.73. The number of carbonyl (C=O) groups excluding carboxylic acids is 1. The zero-order valence-corrected chi connectivity index (χ0v) is 10.7. The van der Waals surface area contributed by atoms with Crippen molar-refractivity contribution >= 4 is 21.8 Å². The molecule has 0 saturated carbocycles. The van der Waals surface area contributed by atoms with E-state index in [1.54, 1.807) is 19.1 Å². The summed E-state index contributed by atoms with van der Waals surface area (Å²) in [6.07, 6.45) is 0. The molecule has 1 aromatic rings. The topological polar surface area (TPSA) is 38.3 Å². The lowest BCUT2D eigenvalue weighted by Gasteiger charge is -2.14. The summed E-state index contributed by atoms with van der Waals surface area (Å²) in [5, 5.41) is 2.95. The largest absolute Gasteiger partial charge is 0.494 e. The van der Waals surface area contributed by atoms with Crippen LogP contribution < -0.4 is 10.1 Å². The van der Waals surface area contributed by atoms with Crippen molar-refractivity contribution in [1.29, 1.82) is 0 Å². The molecule has 0 radical (unpaired) electrons. The molecule has 0 aliphatic heterocycles. The van der Waals surface area contributed by atoms with E-state index in [1.807, 2.05) is 0 Å². The van der Waals surface area contributed by atoms with Crippen LogP contribution in [0.3, 0.4) is 0 Å². The number of carbonyl (C=O) groups is 1.